The van der Waals surface area contributed by atoms with Crippen LogP contribution in [0.4, 0.5) is 0 Å². The lowest BCUT2D eigenvalue weighted by Crippen LogP contribution is -2.28. The molecule has 0 saturated heterocycles. The Morgan fingerprint density at radius 1 is 0.952 bits per heavy atom. The van der Waals surface area contributed by atoms with Crippen molar-refractivity contribution >= 4 is 0 Å². The molecule has 0 aliphatic carbocycles. The predicted octanol–water partition coefficient (Wildman–Crippen LogP) is 6.41. The Balaban J connectivity index is -0.000000272. The van der Waals surface area contributed by atoms with Crippen molar-refractivity contribution in [1.29, 1.82) is 0 Å². The second-order valence-corrected chi connectivity index (χ2v) is 6.97. The zero-order valence-electron chi connectivity index (χ0n) is 15.8. The fraction of sp³-hybridized carbons (Fsp3) is 0.700. The van der Waals surface area contributed by atoms with Crippen molar-refractivity contribution in [2.45, 2.75) is 74.3 Å². The predicted molar refractivity (Wildman–Crippen MR) is 99.6 cm³/mol. The highest BCUT2D eigenvalue weighted by molar-refractivity contribution is 5.05. The Labute approximate surface area is 134 Å². The molecule has 0 rings (SSSR count). The molecule has 0 bridgehead atoms. The average Bonchev–Trinajstić information content (AvgIpc) is 2.35. The maximum atomic E-state index is 9.42. The van der Waals surface area contributed by atoms with E-state index in [1.54, 1.807) is 12.2 Å². The lowest BCUT2D eigenvalue weighted by atomic mass is 9.78. The van der Waals surface area contributed by atoms with Crippen LogP contribution in [-0.4, -0.2) is 11.2 Å². The number of hydrogen-bond donors (Lipinski definition) is 1. The maximum absolute atomic E-state index is 9.42. The van der Waals surface area contributed by atoms with Crippen molar-refractivity contribution in [3.8, 4) is 0 Å². The van der Waals surface area contributed by atoms with Crippen LogP contribution in [0.25, 0.3) is 0 Å². The molecule has 0 spiro atoms. The summed E-state index contributed by atoms with van der Waals surface area (Å²) in [5.74, 6) is 1.56. The van der Waals surface area contributed by atoms with Gasteiger partial charge in [0.05, 0.1) is 6.10 Å². The minimum Gasteiger partial charge on any atom is -0.393 e. The lowest BCUT2D eigenvalue weighted by molar-refractivity contribution is 0.0481. The van der Waals surface area contributed by atoms with Crippen molar-refractivity contribution in [1.82, 2.24) is 0 Å². The van der Waals surface area contributed by atoms with E-state index in [9.17, 15) is 5.11 Å². The van der Waals surface area contributed by atoms with Gasteiger partial charge in [0.15, 0.2) is 0 Å². The summed E-state index contributed by atoms with van der Waals surface area (Å²) < 4.78 is 0. The third kappa shape index (κ3) is 24.6. The maximum Gasteiger partial charge on any atom is 0.0563 e. The Morgan fingerprint density at radius 2 is 1.29 bits per heavy atom. The van der Waals surface area contributed by atoms with E-state index >= 15 is 0 Å². The molecule has 2 atom stereocenters. The molecule has 1 heteroatoms. The van der Waals surface area contributed by atoms with Crippen molar-refractivity contribution in [3.63, 3.8) is 0 Å². The first-order valence-electron chi connectivity index (χ1n) is 8.13. The highest BCUT2D eigenvalue weighted by Crippen LogP contribution is 2.30. The van der Waals surface area contributed by atoms with Crippen LogP contribution in [0, 0.1) is 17.3 Å². The van der Waals surface area contributed by atoms with Crippen LogP contribution in [0.5, 0.6) is 0 Å². The molecule has 1 nitrogen and oxygen atoms in total. The Bertz CT molecular complexity index is 246. The molecule has 0 fully saturated rings. The van der Waals surface area contributed by atoms with Crippen LogP contribution in [0.1, 0.15) is 68.2 Å². The van der Waals surface area contributed by atoms with Crippen LogP contribution >= 0.6 is 0 Å². The van der Waals surface area contributed by atoms with E-state index in [-0.39, 0.29) is 11.5 Å². The zero-order valence-corrected chi connectivity index (χ0v) is 15.8. The molecule has 21 heavy (non-hydrogen) atoms. The SMILES string of the molecule is C=C/C=C\C=C.CC(C)C.CCC(C)CC(C)(C)C(C)O. The summed E-state index contributed by atoms with van der Waals surface area (Å²) in [7, 11) is 0. The van der Waals surface area contributed by atoms with Crippen LogP contribution in [-0.2, 0) is 0 Å². The first kappa shape index (κ1) is 25.2. The van der Waals surface area contributed by atoms with E-state index in [0.717, 1.165) is 18.3 Å². The number of hydrogen-bond acceptors (Lipinski definition) is 1. The highest BCUT2D eigenvalue weighted by Gasteiger charge is 2.25. The highest BCUT2D eigenvalue weighted by atomic mass is 16.3. The summed E-state index contributed by atoms with van der Waals surface area (Å²) in [5, 5.41) is 9.42. The molecule has 126 valence electrons. The number of rotatable bonds is 6. The van der Waals surface area contributed by atoms with Crippen molar-refractivity contribution in [3.05, 3.63) is 37.5 Å². The van der Waals surface area contributed by atoms with E-state index in [4.69, 9.17) is 0 Å². The van der Waals surface area contributed by atoms with Gasteiger partial charge in [-0.05, 0) is 30.6 Å². The molecule has 0 aliphatic heterocycles. The number of allylic oxidation sites excluding steroid dienone is 4. The van der Waals surface area contributed by atoms with Crippen molar-refractivity contribution < 1.29 is 5.11 Å². The molecular formula is C20H40O. The van der Waals surface area contributed by atoms with Crippen LogP contribution < -0.4 is 0 Å². The minimum absolute atomic E-state index is 0.0788. The number of aliphatic hydroxyl groups is 1. The Hall–Kier alpha value is -0.820. The topological polar surface area (TPSA) is 20.2 Å². The van der Waals surface area contributed by atoms with Gasteiger partial charge >= 0.3 is 0 Å². The van der Waals surface area contributed by atoms with Crippen LogP contribution in [0.2, 0.25) is 0 Å². The number of aliphatic hydroxyl groups excluding tert-OH is 1. The second-order valence-electron chi connectivity index (χ2n) is 6.97. The minimum atomic E-state index is -0.198. The first-order chi connectivity index (χ1) is 9.54. The fourth-order valence-electron chi connectivity index (χ4n) is 1.37. The fourth-order valence-corrected chi connectivity index (χ4v) is 1.37. The molecule has 0 aromatic rings. The van der Waals surface area contributed by atoms with Gasteiger partial charge in [-0.3, -0.25) is 0 Å². The van der Waals surface area contributed by atoms with E-state index < -0.39 is 0 Å². The summed E-state index contributed by atoms with van der Waals surface area (Å²) in [4.78, 5) is 0. The van der Waals surface area contributed by atoms with Crippen LogP contribution in [0.15, 0.2) is 37.5 Å². The molecule has 2 unspecified atom stereocenters. The molecule has 0 amide bonds. The van der Waals surface area contributed by atoms with E-state index in [0.29, 0.717) is 0 Å². The van der Waals surface area contributed by atoms with Gasteiger partial charge in [0.2, 0.25) is 0 Å². The molecule has 0 aromatic carbocycles. The van der Waals surface area contributed by atoms with E-state index in [2.05, 4.69) is 61.6 Å². The third-order valence-electron chi connectivity index (χ3n) is 3.09. The quantitative estimate of drug-likeness (QED) is 0.562. The third-order valence-corrected chi connectivity index (χ3v) is 3.09. The Morgan fingerprint density at radius 3 is 1.48 bits per heavy atom. The second kappa shape index (κ2) is 15.6. The molecular weight excluding hydrogens is 256 g/mol. The van der Waals surface area contributed by atoms with Crippen molar-refractivity contribution in [2.75, 3.05) is 0 Å². The standard InChI is InChI=1S/C10H22O.C6H8.C4H10/c1-6-8(2)7-10(4,5)9(3)11;1-3-5-6-4-2;1-4(2)3/h8-9,11H,6-7H2,1-5H3;3-6H,1-2H2;4H,1-3H3/b;6-5-;. The summed E-state index contributed by atoms with van der Waals surface area (Å²) in [6.07, 6.45) is 9.19. The summed E-state index contributed by atoms with van der Waals surface area (Å²) in [6, 6.07) is 0. The summed E-state index contributed by atoms with van der Waals surface area (Å²) >= 11 is 0. The van der Waals surface area contributed by atoms with Gasteiger partial charge in [0, 0.05) is 0 Å². The average molecular weight is 297 g/mol. The lowest BCUT2D eigenvalue weighted by Gasteiger charge is -2.30. The normalized spacial score (nSPS) is 13.6. The summed E-state index contributed by atoms with van der Waals surface area (Å²) in [6.45, 7) is 24.0. The molecule has 0 heterocycles. The van der Waals surface area contributed by atoms with Gasteiger partial charge in [-0.25, -0.2) is 0 Å². The van der Waals surface area contributed by atoms with Gasteiger partial charge in [-0.1, -0.05) is 92.3 Å². The molecule has 0 aliphatic rings. The van der Waals surface area contributed by atoms with Gasteiger partial charge in [-0.15, -0.1) is 0 Å². The Kier molecular flexibility index (Phi) is 18.6. The van der Waals surface area contributed by atoms with Crippen molar-refractivity contribution in [2.24, 2.45) is 17.3 Å². The van der Waals surface area contributed by atoms with E-state index in [1.807, 2.05) is 19.1 Å². The zero-order chi connectivity index (χ0) is 17.5. The summed E-state index contributed by atoms with van der Waals surface area (Å²) in [5.41, 5.74) is 0.0788. The monoisotopic (exact) mass is 296 g/mol. The molecule has 0 saturated carbocycles. The van der Waals surface area contributed by atoms with Crippen LogP contribution in [0.3, 0.4) is 0 Å². The van der Waals surface area contributed by atoms with Gasteiger partial charge < -0.3 is 5.11 Å². The molecule has 0 radical (unpaired) electrons. The van der Waals surface area contributed by atoms with Gasteiger partial charge in [0.1, 0.15) is 0 Å². The van der Waals surface area contributed by atoms with Gasteiger partial charge in [0.25, 0.3) is 0 Å². The van der Waals surface area contributed by atoms with E-state index in [1.165, 1.54) is 6.42 Å². The molecule has 0 aromatic heterocycles. The largest absolute Gasteiger partial charge is 0.393 e. The first-order valence-corrected chi connectivity index (χ1v) is 8.13. The van der Waals surface area contributed by atoms with Gasteiger partial charge in [-0.2, -0.15) is 0 Å². The molecule has 1 N–H and O–H groups in total. The smallest absolute Gasteiger partial charge is 0.0563 e.